The number of nitrogens with two attached hydrogens (primary N) is 1. The van der Waals surface area contributed by atoms with Crippen molar-refractivity contribution in [3.8, 4) is 0 Å². The quantitative estimate of drug-likeness (QED) is 0.878. The summed E-state index contributed by atoms with van der Waals surface area (Å²) in [5, 5.41) is 0.268. The number of sulfonamides is 1. The summed E-state index contributed by atoms with van der Waals surface area (Å²) in [5.41, 5.74) is 6.99. The van der Waals surface area contributed by atoms with Crippen LogP contribution in [0.25, 0.3) is 0 Å². The second kappa shape index (κ2) is 7.02. The molecule has 1 aliphatic heterocycles. The normalized spacial score (nSPS) is 22.0. The van der Waals surface area contributed by atoms with Crippen molar-refractivity contribution in [2.75, 3.05) is 19.6 Å². The molecular weight excluding hydrogens is 367 g/mol. The second-order valence-corrected chi connectivity index (χ2v) is 8.57. The average molecular weight is 385 g/mol. The van der Waals surface area contributed by atoms with Crippen molar-refractivity contribution in [2.24, 2.45) is 11.7 Å². The third-order valence-corrected chi connectivity index (χ3v) is 7.24. The maximum atomic E-state index is 13.0. The van der Waals surface area contributed by atoms with Crippen LogP contribution in [-0.4, -0.2) is 32.4 Å². The van der Waals surface area contributed by atoms with E-state index in [0.717, 1.165) is 5.56 Å². The van der Waals surface area contributed by atoms with Gasteiger partial charge in [-0.1, -0.05) is 59.6 Å². The Balaban J connectivity index is 1.96. The minimum absolute atomic E-state index is 0.0298. The Morgan fingerprint density at radius 3 is 2.21 bits per heavy atom. The first-order chi connectivity index (χ1) is 11.4. The summed E-state index contributed by atoms with van der Waals surface area (Å²) < 4.78 is 27.5. The first-order valence-corrected chi connectivity index (χ1v) is 9.84. The highest BCUT2D eigenvalue weighted by molar-refractivity contribution is 7.89. The highest BCUT2D eigenvalue weighted by Crippen LogP contribution is 2.38. The first-order valence-electron chi connectivity index (χ1n) is 7.64. The van der Waals surface area contributed by atoms with Gasteiger partial charge in [-0.15, -0.1) is 0 Å². The molecule has 0 bridgehead atoms. The number of nitrogens with zero attached hydrogens (tertiary/aromatic N) is 1. The Kier molecular flexibility index (Phi) is 5.18. The highest BCUT2D eigenvalue weighted by Gasteiger charge is 2.40. The van der Waals surface area contributed by atoms with Crippen molar-refractivity contribution < 1.29 is 8.42 Å². The molecule has 2 aromatic carbocycles. The Morgan fingerprint density at radius 2 is 1.62 bits per heavy atom. The minimum atomic E-state index is -3.77. The van der Waals surface area contributed by atoms with E-state index in [1.54, 1.807) is 6.07 Å². The van der Waals surface area contributed by atoms with E-state index in [1.807, 2.05) is 30.3 Å². The zero-order valence-corrected chi connectivity index (χ0v) is 15.2. The molecule has 2 N–H and O–H groups in total. The summed E-state index contributed by atoms with van der Waals surface area (Å²) >= 11 is 12.2. The first kappa shape index (κ1) is 17.7. The van der Waals surface area contributed by atoms with Crippen LogP contribution in [0.1, 0.15) is 11.5 Å². The summed E-state index contributed by atoms with van der Waals surface area (Å²) in [6.07, 6.45) is 0. The lowest BCUT2D eigenvalue weighted by Crippen LogP contribution is -2.30. The molecule has 0 amide bonds. The molecule has 0 spiro atoms. The fourth-order valence-electron chi connectivity index (χ4n) is 3.20. The van der Waals surface area contributed by atoms with E-state index in [2.05, 4.69) is 0 Å². The largest absolute Gasteiger partial charge is 0.330 e. The lowest BCUT2D eigenvalue weighted by Gasteiger charge is -2.18. The molecule has 2 atom stereocenters. The van der Waals surface area contributed by atoms with Gasteiger partial charge in [0.25, 0.3) is 0 Å². The van der Waals surface area contributed by atoms with Gasteiger partial charge in [-0.3, -0.25) is 0 Å². The molecule has 4 nitrogen and oxygen atoms in total. The van der Waals surface area contributed by atoms with Crippen LogP contribution in [0.3, 0.4) is 0 Å². The molecule has 1 fully saturated rings. The maximum absolute atomic E-state index is 13.0. The van der Waals surface area contributed by atoms with Crippen LogP contribution in [0.2, 0.25) is 10.0 Å². The molecule has 0 unspecified atom stereocenters. The smallest absolute Gasteiger partial charge is 0.246 e. The summed E-state index contributed by atoms with van der Waals surface area (Å²) in [7, 11) is -3.77. The third-order valence-electron chi connectivity index (χ3n) is 4.45. The van der Waals surface area contributed by atoms with E-state index in [0.29, 0.717) is 19.6 Å². The second-order valence-electron chi connectivity index (χ2n) is 5.89. The van der Waals surface area contributed by atoms with E-state index in [-0.39, 0.29) is 26.8 Å². The Bertz CT molecular complexity index is 807. The summed E-state index contributed by atoms with van der Waals surface area (Å²) in [4.78, 5) is -0.0298. The molecule has 7 heteroatoms. The summed E-state index contributed by atoms with van der Waals surface area (Å²) in [6, 6.07) is 14.5. The Hall–Kier alpha value is -1.11. The lowest BCUT2D eigenvalue weighted by molar-refractivity contribution is 0.459. The molecule has 0 aromatic heterocycles. The standard InChI is InChI=1S/C17H18Cl2N2O2S/c18-15-7-4-8-16(19)17(15)24(22,23)21-10-13(9-20)14(11-21)12-5-2-1-3-6-12/h1-8,13-14H,9-11,20H2/t13-,14+/m1/s1. The van der Waals surface area contributed by atoms with Crippen molar-refractivity contribution in [3.63, 3.8) is 0 Å². The average Bonchev–Trinajstić information content (AvgIpc) is 3.00. The van der Waals surface area contributed by atoms with Gasteiger partial charge in [-0.05, 0) is 30.2 Å². The molecule has 1 heterocycles. The highest BCUT2D eigenvalue weighted by atomic mass is 35.5. The van der Waals surface area contributed by atoms with Gasteiger partial charge in [0.1, 0.15) is 4.90 Å². The number of hydrogen-bond acceptors (Lipinski definition) is 3. The van der Waals surface area contributed by atoms with Crippen LogP contribution in [-0.2, 0) is 10.0 Å². The van der Waals surface area contributed by atoms with Crippen LogP contribution in [0.4, 0.5) is 0 Å². The van der Waals surface area contributed by atoms with Gasteiger partial charge in [-0.25, -0.2) is 8.42 Å². The van der Waals surface area contributed by atoms with Crippen molar-refractivity contribution in [1.82, 2.24) is 4.31 Å². The van der Waals surface area contributed by atoms with Crippen LogP contribution in [0, 0.1) is 5.92 Å². The molecule has 1 aliphatic rings. The molecular formula is C17H18Cl2N2O2S. The van der Waals surface area contributed by atoms with Crippen LogP contribution >= 0.6 is 23.2 Å². The molecule has 0 radical (unpaired) electrons. The van der Waals surface area contributed by atoms with E-state index >= 15 is 0 Å². The van der Waals surface area contributed by atoms with Gasteiger partial charge >= 0.3 is 0 Å². The van der Waals surface area contributed by atoms with Crippen molar-refractivity contribution in [2.45, 2.75) is 10.8 Å². The number of rotatable bonds is 4. The maximum Gasteiger partial charge on any atom is 0.246 e. The molecule has 0 aliphatic carbocycles. The number of halogens is 2. The van der Waals surface area contributed by atoms with Gasteiger partial charge in [0.2, 0.25) is 10.0 Å². The Labute approximate surface area is 152 Å². The molecule has 1 saturated heterocycles. The summed E-state index contributed by atoms with van der Waals surface area (Å²) in [6.45, 7) is 1.15. The van der Waals surface area contributed by atoms with Crippen LogP contribution in [0.5, 0.6) is 0 Å². The number of hydrogen-bond donors (Lipinski definition) is 1. The van der Waals surface area contributed by atoms with Gasteiger partial charge < -0.3 is 5.73 Å². The predicted octanol–water partition coefficient (Wildman–Crippen LogP) is 3.36. The van der Waals surface area contributed by atoms with Crippen molar-refractivity contribution in [1.29, 1.82) is 0 Å². The molecule has 128 valence electrons. The lowest BCUT2D eigenvalue weighted by atomic mass is 9.89. The van der Waals surface area contributed by atoms with Gasteiger partial charge in [-0.2, -0.15) is 4.31 Å². The fraction of sp³-hybridized carbons (Fsp3) is 0.294. The van der Waals surface area contributed by atoms with Crippen LogP contribution in [0.15, 0.2) is 53.4 Å². The van der Waals surface area contributed by atoms with E-state index in [9.17, 15) is 8.42 Å². The van der Waals surface area contributed by atoms with Crippen molar-refractivity contribution in [3.05, 3.63) is 64.1 Å². The topological polar surface area (TPSA) is 63.4 Å². The summed E-state index contributed by atoms with van der Waals surface area (Å²) in [5.74, 6) is 0.121. The monoisotopic (exact) mass is 384 g/mol. The molecule has 3 rings (SSSR count). The van der Waals surface area contributed by atoms with E-state index in [1.165, 1.54) is 16.4 Å². The molecule has 24 heavy (non-hydrogen) atoms. The SMILES string of the molecule is NC[C@@H]1CN(S(=O)(=O)c2c(Cl)cccc2Cl)C[C@H]1c1ccccc1. The van der Waals surface area contributed by atoms with Gasteiger partial charge in [0, 0.05) is 19.0 Å². The molecule has 0 saturated carbocycles. The predicted molar refractivity (Wildman–Crippen MR) is 96.9 cm³/mol. The zero-order chi connectivity index (χ0) is 17.3. The van der Waals surface area contributed by atoms with E-state index in [4.69, 9.17) is 28.9 Å². The fourth-order valence-corrected chi connectivity index (χ4v) is 5.82. The minimum Gasteiger partial charge on any atom is -0.330 e. The van der Waals surface area contributed by atoms with Crippen molar-refractivity contribution >= 4 is 33.2 Å². The third kappa shape index (κ3) is 3.19. The van der Waals surface area contributed by atoms with Gasteiger partial charge in [0.15, 0.2) is 0 Å². The van der Waals surface area contributed by atoms with Crippen LogP contribution < -0.4 is 5.73 Å². The number of benzene rings is 2. The van der Waals surface area contributed by atoms with Gasteiger partial charge in [0.05, 0.1) is 10.0 Å². The molecule has 2 aromatic rings. The van der Waals surface area contributed by atoms with E-state index < -0.39 is 10.0 Å². The zero-order valence-electron chi connectivity index (χ0n) is 12.9. The Morgan fingerprint density at radius 1 is 1.00 bits per heavy atom.